The van der Waals surface area contributed by atoms with E-state index < -0.39 is 53.9 Å². The van der Waals surface area contributed by atoms with Gasteiger partial charge in [0.15, 0.2) is 0 Å². The lowest BCUT2D eigenvalue weighted by Gasteiger charge is -2.38. The summed E-state index contributed by atoms with van der Waals surface area (Å²) in [6.07, 6.45) is 3.24. The van der Waals surface area contributed by atoms with E-state index in [1.54, 1.807) is 65.6 Å². The van der Waals surface area contributed by atoms with Gasteiger partial charge in [0.2, 0.25) is 5.91 Å². The number of aliphatic carboxylic acids is 1. The Morgan fingerprint density at radius 2 is 1.54 bits per heavy atom. The van der Waals surface area contributed by atoms with Crippen LogP contribution in [0.5, 0.6) is 5.75 Å². The van der Waals surface area contributed by atoms with Crippen molar-refractivity contribution in [3.63, 3.8) is 0 Å². The Morgan fingerprint density at radius 3 is 2.16 bits per heavy atom. The molecule has 1 aliphatic heterocycles. The van der Waals surface area contributed by atoms with Crippen LogP contribution in [0.15, 0.2) is 78.9 Å². The van der Waals surface area contributed by atoms with Crippen LogP contribution < -0.4 is 20.7 Å². The molecule has 12 nitrogen and oxygen atoms in total. The van der Waals surface area contributed by atoms with Crippen molar-refractivity contribution >= 4 is 41.2 Å². The lowest BCUT2D eigenvalue weighted by atomic mass is 9.80. The highest BCUT2D eigenvalue weighted by Gasteiger charge is 2.59. The maximum absolute atomic E-state index is 14.5. The summed E-state index contributed by atoms with van der Waals surface area (Å²) in [5.74, 6) is -1.65. The van der Waals surface area contributed by atoms with Crippen LogP contribution >= 0.6 is 0 Å². The lowest BCUT2D eigenvalue weighted by molar-refractivity contribution is -0.142. The van der Waals surface area contributed by atoms with Gasteiger partial charge in [0.1, 0.15) is 17.3 Å². The van der Waals surface area contributed by atoms with Crippen molar-refractivity contribution in [1.82, 2.24) is 15.1 Å². The average Bonchev–Trinajstić information content (AvgIpc) is 3.28. The third-order valence-corrected chi connectivity index (χ3v) is 9.34. The van der Waals surface area contributed by atoms with Crippen LogP contribution in [0.25, 0.3) is 0 Å². The molecule has 0 bridgehead atoms. The highest BCUT2D eigenvalue weighted by molar-refractivity contribution is 6.10. The summed E-state index contributed by atoms with van der Waals surface area (Å²) in [7, 11) is 1.50. The Balaban J connectivity index is 1.38. The normalized spacial score (nSPS) is 16.6. The SMILES string of the molecule is COc1cccc([C@H](CC(=O)O)NC(=O)[C@H](CC(C)C)N2C(=O)N(Cc3ccc(NC(=O)Nc4ccccc4)cc3)C3(CCCCC3)C2=O)c1. The van der Waals surface area contributed by atoms with Crippen LogP contribution in [0.3, 0.4) is 0 Å². The molecule has 2 fully saturated rings. The number of ether oxygens (including phenoxy) is 1. The summed E-state index contributed by atoms with van der Waals surface area (Å²) in [6, 6.07) is 20.0. The molecular formula is C38H45N5O7. The van der Waals surface area contributed by atoms with E-state index in [0.717, 1.165) is 29.7 Å². The van der Waals surface area contributed by atoms with E-state index in [1.807, 2.05) is 32.0 Å². The molecule has 2 aliphatic rings. The van der Waals surface area contributed by atoms with Crippen molar-refractivity contribution in [3.05, 3.63) is 90.0 Å². The summed E-state index contributed by atoms with van der Waals surface area (Å²) in [5.41, 5.74) is 1.41. The van der Waals surface area contributed by atoms with Crippen molar-refractivity contribution in [3.8, 4) is 5.75 Å². The maximum atomic E-state index is 14.5. The van der Waals surface area contributed by atoms with Gasteiger partial charge in [0.05, 0.1) is 19.6 Å². The number of carbonyl (C=O) groups excluding carboxylic acids is 4. The van der Waals surface area contributed by atoms with E-state index in [-0.39, 0.29) is 18.9 Å². The smallest absolute Gasteiger partial charge is 0.328 e. The molecule has 264 valence electrons. The molecule has 1 saturated heterocycles. The number of nitrogens with zero attached hydrogens (tertiary/aromatic N) is 2. The molecule has 0 radical (unpaired) electrons. The third kappa shape index (κ3) is 8.24. The molecule has 1 aliphatic carbocycles. The number of anilines is 2. The second-order valence-corrected chi connectivity index (χ2v) is 13.4. The zero-order valence-corrected chi connectivity index (χ0v) is 28.7. The fourth-order valence-electron chi connectivity index (χ4n) is 6.87. The molecule has 12 heteroatoms. The predicted octanol–water partition coefficient (Wildman–Crippen LogP) is 6.55. The first-order valence-electron chi connectivity index (χ1n) is 17.0. The molecule has 1 saturated carbocycles. The minimum Gasteiger partial charge on any atom is -0.497 e. The van der Waals surface area contributed by atoms with E-state index in [0.29, 0.717) is 35.5 Å². The Kier molecular flexibility index (Phi) is 11.4. The van der Waals surface area contributed by atoms with E-state index in [4.69, 9.17) is 4.74 Å². The number of urea groups is 2. The van der Waals surface area contributed by atoms with Crippen molar-refractivity contribution in [2.75, 3.05) is 17.7 Å². The molecule has 6 amide bonds. The van der Waals surface area contributed by atoms with E-state index in [9.17, 15) is 29.1 Å². The van der Waals surface area contributed by atoms with Gasteiger partial charge in [0.25, 0.3) is 5.91 Å². The molecule has 0 unspecified atom stereocenters. The van der Waals surface area contributed by atoms with Crippen molar-refractivity contribution in [1.29, 1.82) is 0 Å². The highest BCUT2D eigenvalue weighted by Crippen LogP contribution is 2.43. The molecule has 0 aromatic heterocycles. The number of hydrogen-bond donors (Lipinski definition) is 4. The molecule has 3 aromatic rings. The number of para-hydroxylation sites is 1. The number of nitrogens with one attached hydrogen (secondary N) is 3. The van der Waals surface area contributed by atoms with Gasteiger partial charge in [-0.3, -0.25) is 14.4 Å². The van der Waals surface area contributed by atoms with E-state index >= 15 is 0 Å². The van der Waals surface area contributed by atoms with Gasteiger partial charge in [-0.05, 0) is 72.7 Å². The van der Waals surface area contributed by atoms with Gasteiger partial charge in [0, 0.05) is 17.9 Å². The minimum atomic E-state index is -1.14. The largest absolute Gasteiger partial charge is 0.497 e. The van der Waals surface area contributed by atoms with Gasteiger partial charge < -0.3 is 30.7 Å². The van der Waals surface area contributed by atoms with E-state index in [2.05, 4.69) is 16.0 Å². The predicted molar refractivity (Wildman–Crippen MR) is 188 cm³/mol. The van der Waals surface area contributed by atoms with Crippen LogP contribution in [-0.2, 0) is 20.9 Å². The quantitative estimate of drug-likeness (QED) is 0.149. The Hall–Kier alpha value is -5.39. The van der Waals surface area contributed by atoms with Gasteiger partial charge in [-0.25, -0.2) is 14.5 Å². The summed E-state index contributed by atoms with van der Waals surface area (Å²) in [4.78, 5) is 70.1. The Labute approximate surface area is 292 Å². The monoisotopic (exact) mass is 683 g/mol. The molecule has 4 N–H and O–H groups in total. The first kappa shape index (κ1) is 35.9. The highest BCUT2D eigenvalue weighted by atomic mass is 16.5. The zero-order valence-electron chi connectivity index (χ0n) is 28.7. The molecule has 5 rings (SSSR count). The molecule has 2 atom stereocenters. The molecular weight excluding hydrogens is 638 g/mol. The van der Waals surface area contributed by atoms with Gasteiger partial charge in [-0.1, -0.05) is 75.6 Å². The van der Waals surface area contributed by atoms with Crippen molar-refractivity contribution in [2.24, 2.45) is 5.92 Å². The summed E-state index contributed by atoms with van der Waals surface area (Å²) in [6.45, 7) is 3.96. The molecule has 1 heterocycles. The summed E-state index contributed by atoms with van der Waals surface area (Å²) >= 11 is 0. The number of carboxylic acids is 1. The van der Waals surface area contributed by atoms with Gasteiger partial charge in [-0.2, -0.15) is 0 Å². The van der Waals surface area contributed by atoms with Crippen molar-refractivity contribution < 1.29 is 33.8 Å². The van der Waals surface area contributed by atoms with Crippen molar-refractivity contribution in [2.45, 2.75) is 83.0 Å². The molecule has 1 spiro atoms. The second kappa shape index (κ2) is 15.9. The number of benzene rings is 3. The standard InChI is InChI=1S/C38H45N5O7/c1-25(2)21-32(34(46)41-31(23-33(44)45)27-11-10-14-30(22-27)50-3)43-35(47)38(19-8-5-9-20-38)42(37(43)49)24-26-15-17-29(18-16-26)40-36(48)39-28-12-6-4-7-13-28/h4,6-7,10-18,22,25,31-32H,5,8-9,19-21,23-24H2,1-3H3,(H,41,46)(H,44,45)(H2,39,40,48)/t31-,32-/m0/s1. The molecule has 3 aromatic carbocycles. The van der Waals surface area contributed by atoms with Crippen LogP contribution in [0.2, 0.25) is 0 Å². The number of rotatable bonds is 13. The summed E-state index contributed by atoms with van der Waals surface area (Å²) in [5, 5.41) is 18.1. The summed E-state index contributed by atoms with van der Waals surface area (Å²) < 4.78 is 5.31. The number of carbonyl (C=O) groups is 5. The first-order valence-corrected chi connectivity index (χ1v) is 17.0. The zero-order chi connectivity index (χ0) is 35.8. The Morgan fingerprint density at radius 1 is 0.880 bits per heavy atom. The first-order chi connectivity index (χ1) is 24.0. The van der Waals surface area contributed by atoms with Crippen LogP contribution in [-0.4, -0.2) is 63.4 Å². The molecule has 50 heavy (non-hydrogen) atoms. The van der Waals surface area contributed by atoms with Gasteiger partial charge >= 0.3 is 18.0 Å². The fourth-order valence-corrected chi connectivity index (χ4v) is 6.87. The van der Waals surface area contributed by atoms with Crippen LogP contribution in [0, 0.1) is 5.92 Å². The fraction of sp³-hybridized carbons (Fsp3) is 0.395. The Bertz CT molecular complexity index is 1690. The van der Waals surface area contributed by atoms with Crippen LogP contribution in [0.1, 0.15) is 76.0 Å². The topological polar surface area (TPSA) is 157 Å². The van der Waals surface area contributed by atoms with Gasteiger partial charge in [-0.15, -0.1) is 0 Å². The third-order valence-electron chi connectivity index (χ3n) is 9.34. The number of hydrogen-bond acceptors (Lipinski definition) is 6. The number of amides is 6. The van der Waals surface area contributed by atoms with Crippen LogP contribution in [0.4, 0.5) is 21.0 Å². The number of methoxy groups -OCH3 is 1. The average molecular weight is 684 g/mol. The minimum absolute atomic E-state index is 0.0587. The van der Waals surface area contributed by atoms with E-state index in [1.165, 1.54) is 7.11 Å². The lowest BCUT2D eigenvalue weighted by Crippen LogP contribution is -2.53. The number of imide groups is 1. The number of carboxylic acid groups (broad SMARTS) is 1. The maximum Gasteiger partial charge on any atom is 0.328 e. The second-order valence-electron chi connectivity index (χ2n) is 13.4.